The number of benzene rings is 2. The van der Waals surface area contributed by atoms with Crippen molar-refractivity contribution in [2.24, 2.45) is 0 Å². The second-order valence-electron chi connectivity index (χ2n) is 4.71. The van der Waals surface area contributed by atoms with Crippen molar-refractivity contribution in [3.63, 3.8) is 0 Å². The molecule has 0 saturated carbocycles. The third-order valence-electron chi connectivity index (χ3n) is 3.22. The van der Waals surface area contributed by atoms with E-state index >= 15 is 0 Å². The summed E-state index contributed by atoms with van der Waals surface area (Å²) in [6.07, 6.45) is 0.683. The minimum Gasteiger partial charge on any atom is -0.488 e. The number of halogens is 3. The zero-order chi connectivity index (χ0) is 14.1. The first-order chi connectivity index (χ1) is 9.61. The molecular weight excluding hydrogens is 300 g/mol. The predicted octanol–water partition coefficient (Wildman–Crippen LogP) is 4.55. The molecule has 1 atom stereocenters. The molecule has 3 rings (SSSR count). The number of hydrogen-bond donors (Lipinski definition) is 1. The fourth-order valence-corrected chi connectivity index (χ4v) is 2.54. The Morgan fingerprint density at radius 2 is 2.00 bits per heavy atom. The third-order valence-corrected chi connectivity index (χ3v) is 3.96. The Hall–Kier alpha value is -1.45. The van der Waals surface area contributed by atoms with Crippen LogP contribution < -0.4 is 10.1 Å². The van der Waals surface area contributed by atoms with Crippen LogP contribution in [0.5, 0.6) is 5.75 Å². The number of anilines is 1. The molecule has 0 saturated heterocycles. The maximum atomic E-state index is 13.1. The molecule has 1 aliphatic rings. The average molecular weight is 312 g/mol. The van der Waals surface area contributed by atoms with Crippen LogP contribution in [0.4, 0.5) is 10.1 Å². The lowest BCUT2D eigenvalue weighted by Crippen LogP contribution is -2.23. The highest BCUT2D eigenvalue weighted by atomic mass is 35.5. The predicted molar refractivity (Wildman–Crippen MR) is 79.5 cm³/mol. The highest BCUT2D eigenvalue weighted by Crippen LogP contribution is 2.30. The second-order valence-corrected chi connectivity index (χ2v) is 5.52. The Kier molecular flexibility index (Phi) is 3.72. The molecule has 0 radical (unpaired) electrons. The first-order valence-corrected chi connectivity index (χ1v) is 7.01. The van der Waals surface area contributed by atoms with Crippen LogP contribution in [-0.4, -0.2) is 12.6 Å². The molecule has 0 aromatic heterocycles. The fourth-order valence-electron chi connectivity index (χ4n) is 2.24. The molecule has 20 heavy (non-hydrogen) atoms. The molecule has 2 aromatic carbocycles. The molecule has 0 spiro atoms. The van der Waals surface area contributed by atoms with Crippen molar-refractivity contribution in [3.8, 4) is 5.75 Å². The van der Waals surface area contributed by atoms with E-state index in [1.807, 2.05) is 6.07 Å². The van der Waals surface area contributed by atoms with E-state index in [4.69, 9.17) is 27.9 Å². The second kappa shape index (κ2) is 5.51. The van der Waals surface area contributed by atoms with Crippen LogP contribution in [0, 0.1) is 5.82 Å². The number of ether oxygens (including phenoxy) is 1. The summed E-state index contributed by atoms with van der Waals surface area (Å²) in [4.78, 5) is 0. The van der Waals surface area contributed by atoms with Crippen LogP contribution in [-0.2, 0) is 6.42 Å². The van der Waals surface area contributed by atoms with Gasteiger partial charge in [-0.15, -0.1) is 0 Å². The van der Waals surface area contributed by atoms with Gasteiger partial charge in [-0.25, -0.2) is 4.39 Å². The van der Waals surface area contributed by atoms with Crippen molar-refractivity contribution in [1.82, 2.24) is 0 Å². The number of rotatable bonds is 3. The van der Waals surface area contributed by atoms with Gasteiger partial charge in [-0.3, -0.25) is 0 Å². The first kappa shape index (κ1) is 13.5. The van der Waals surface area contributed by atoms with Crippen molar-refractivity contribution in [1.29, 1.82) is 0 Å². The van der Waals surface area contributed by atoms with Crippen molar-refractivity contribution in [2.75, 3.05) is 11.9 Å². The van der Waals surface area contributed by atoms with Crippen molar-refractivity contribution < 1.29 is 9.13 Å². The van der Waals surface area contributed by atoms with Gasteiger partial charge in [0.15, 0.2) is 0 Å². The van der Waals surface area contributed by atoms with E-state index in [0.29, 0.717) is 23.0 Å². The molecule has 2 aromatic rings. The Labute approximate surface area is 126 Å². The molecule has 1 unspecified atom stereocenters. The molecule has 1 aliphatic heterocycles. The molecule has 0 aliphatic carbocycles. The minimum absolute atomic E-state index is 0.0127. The standard InChI is InChI=1S/C15H12Cl2FNO/c16-13-3-2-11(7-14(13)17)19-8-12-6-9-5-10(18)1-4-15(9)20-12/h1-5,7,12,19H,6,8H2. The molecule has 2 nitrogen and oxygen atoms in total. The van der Waals surface area contributed by atoms with Crippen LogP contribution in [0.25, 0.3) is 0 Å². The molecule has 0 fully saturated rings. The molecule has 1 N–H and O–H groups in total. The normalized spacial score (nSPS) is 16.6. The first-order valence-electron chi connectivity index (χ1n) is 6.26. The summed E-state index contributed by atoms with van der Waals surface area (Å²) in [7, 11) is 0. The van der Waals surface area contributed by atoms with Crippen LogP contribution >= 0.6 is 23.2 Å². The largest absolute Gasteiger partial charge is 0.488 e. The molecule has 1 heterocycles. The maximum absolute atomic E-state index is 13.1. The average Bonchev–Trinajstić information content (AvgIpc) is 2.82. The summed E-state index contributed by atoms with van der Waals surface area (Å²) < 4.78 is 18.9. The zero-order valence-electron chi connectivity index (χ0n) is 10.5. The van der Waals surface area contributed by atoms with Gasteiger partial charge in [-0.05, 0) is 36.4 Å². The summed E-state index contributed by atoms with van der Waals surface area (Å²) in [5.41, 5.74) is 1.79. The van der Waals surface area contributed by atoms with Gasteiger partial charge in [-0.1, -0.05) is 23.2 Å². The fraction of sp³-hybridized carbons (Fsp3) is 0.200. The van der Waals surface area contributed by atoms with Gasteiger partial charge in [0.1, 0.15) is 17.7 Å². The molecular formula is C15H12Cl2FNO. The molecule has 0 amide bonds. The van der Waals surface area contributed by atoms with Gasteiger partial charge in [-0.2, -0.15) is 0 Å². The van der Waals surface area contributed by atoms with Gasteiger partial charge in [0, 0.05) is 17.7 Å². The van der Waals surface area contributed by atoms with E-state index in [9.17, 15) is 4.39 Å². The van der Waals surface area contributed by atoms with E-state index in [1.165, 1.54) is 12.1 Å². The third kappa shape index (κ3) is 2.84. The van der Waals surface area contributed by atoms with Crippen LogP contribution in [0.2, 0.25) is 10.0 Å². The van der Waals surface area contributed by atoms with Crippen LogP contribution in [0.15, 0.2) is 36.4 Å². The highest BCUT2D eigenvalue weighted by Gasteiger charge is 2.22. The monoisotopic (exact) mass is 311 g/mol. The van der Waals surface area contributed by atoms with Gasteiger partial charge < -0.3 is 10.1 Å². The Balaban J connectivity index is 1.62. The lowest BCUT2D eigenvalue weighted by Gasteiger charge is -2.13. The molecule has 0 bridgehead atoms. The van der Waals surface area contributed by atoms with Gasteiger partial charge in [0.05, 0.1) is 16.6 Å². The SMILES string of the molecule is Fc1ccc2c(c1)CC(CNc1ccc(Cl)c(Cl)c1)O2. The van der Waals surface area contributed by atoms with Gasteiger partial charge >= 0.3 is 0 Å². The Morgan fingerprint density at radius 3 is 2.80 bits per heavy atom. The Bertz CT molecular complexity index is 648. The number of hydrogen-bond acceptors (Lipinski definition) is 2. The van der Waals surface area contributed by atoms with Crippen molar-refractivity contribution in [3.05, 3.63) is 57.8 Å². The minimum atomic E-state index is -0.231. The van der Waals surface area contributed by atoms with E-state index < -0.39 is 0 Å². The highest BCUT2D eigenvalue weighted by molar-refractivity contribution is 6.42. The van der Waals surface area contributed by atoms with E-state index in [1.54, 1.807) is 18.2 Å². The lowest BCUT2D eigenvalue weighted by molar-refractivity contribution is 0.246. The summed E-state index contributed by atoms with van der Waals surface area (Å²) in [5, 5.41) is 4.28. The summed E-state index contributed by atoms with van der Waals surface area (Å²) in [5.74, 6) is 0.526. The number of fused-ring (bicyclic) bond motifs is 1. The lowest BCUT2D eigenvalue weighted by atomic mass is 10.1. The van der Waals surface area contributed by atoms with E-state index in [0.717, 1.165) is 17.0 Å². The quantitative estimate of drug-likeness (QED) is 0.898. The van der Waals surface area contributed by atoms with Gasteiger partial charge in [0.25, 0.3) is 0 Å². The topological polar surface area (TPSA) is 21.3 Å². The number of nitrogens with one attached hydrogen (secondary N) is 1. The maximum Gasteiger partial charge on any atom is 0.123 e. The zero-order valence-corrected chi connectivity index (χ0v) is 12.0. The Morgan fingerprint density at radius 1 is 1.15 bits per heavy atom. The van der Waals surface area contributed by atoms with Crippen LogP contribution in [0.1, 0.15) is 5.56 Å². The summed E-state index contributed by atoms with van der Waals surface area (Å²) in [6, 6.07) is 9.97. The summed E-state index contributed by atoms with van der Waals surface area (Å²) in [6.45, 7) is 0.619. The smallest absolute Gasteiger partial charge is 0.123 e. The van der Waals surface area contributed by atoms with E-state index in [-0.39, 0.29) is 11.9 Å². The van der Waals surface area contributed by atoms with Gasteiger partial charge in [0.2, 0.25) is 0 Å². The summed E-state index contributed by atoms with van der Waals surface area (Å²) >= 11 is 11.8. The van der Waals surface area contributed by atoms with Crippen molar-refractivity contribution in [2.45, 2.75) is 12.5 Å². The van der Waals surface area contributed by atoms with Crippen molar-refractivity contribution >= 4 is 28.9 Å². The molecule has 104 valence electrons. The van der Waals surface area contributed by atoms with E-state index in [2.05, 4.69) is 5.32 Å². The molecule has 5 heteroatoms. The van der Waals surface area contributed by atoms with Crippen LogP contribution in [0.3, 0.4) is 0 Å².